The third-order valence-electron chi connectivity index (χ3n) is 6.71. The van der Waals surface area contributed by atoms with Crippen molar-refractivity contribution in [3.8, 4) is 11.4 Å². The van der Waals surface area contributed by atoms with Crippen molar-refractivity contribution in [2.75, 3.05) is 29.5 Å². The van der Waals surface area contributed by atoms with Crippen molar-refractivity contribution in [3.63, 3.8) is 0 Å². The maximum atomic E-state index is 12.6. The van der Waals surface area contributed by atoms with E-state index in [2.05, 4.69) is 43.8 Å². The lowest BCUT2D eigenvalue weighted by atomic mass is 10.2. The number of nitrogens with one attached hydrogen (secondary N) is 2. The number of hydrogen-bond acceptors (Lipinski definition) is 7. The van der Waals surface area contributed by atoms with Crippen LogP contribution in [-0.4, -0.2) is 43.2 Å². The minimum Gasteiger partial charge on any atom is -0.397 e. The molecule has 0 aliphatic carbocycles. The molecule has 190 valence electrons. The lowest BCUT2D eigenvalue weighted by Crippen LogP contribution is -2.18. The zero-order chi connectivity index (χ0) is 25.9. The molecule has 1 amide bonds. The molecule has 4 heterocycles. The van der Waals surface area contributed by atoms with Crippen molar-refractivity contribution in [2.24, 2.45) is 0 Å². The van der Waals surface area contributed by atoms with Crippen LogP contribution in [0.15, 0.2) is 85.3 Å². The summed E-state index contributed by atoms with van der Waals surface area (Å²) in [6, 6.07) is 20.4. The van der Waals surface area contributed by atoms with Gasteiger partial charge >= 0.3 is 0 Å². The van der Waals surface area contributed by atoms with Crippen LogP contribution in [0.25, 0.3) is 17.0 Å². The van der Waals surface area contributed by atoms with E-state index >= 15 is 0 Å². The van der Waals surface area contributed by atoms with Crippen molar-refractivity contribution in [2.45, 2.75) is 19.4 Å². The first-order chi connectivity index (χ1) is 18.6. The Hall–Kier alpha value is -4.76. The maximum absolute atomic E-state index is 12.6. The van der Waals surface area contributed by atoms with Crippen LogP contribution in [0.1, 0.15) is 28.8 Å². The van der Waals surface area contributed by atoms with Crippen LogP contribution in [0.4, 0.5) is 23.0 Å². The molecule has 1 saturated heterocycles. The third-order valence-corrected chi connectivity index (χ3v) is 6.71. The highest BCUT2D eigenvalue weighted by Gasteiger charge is 2.14. The Bertz CT molecular complexity index is 1590. The normalized spacial score (nSPS) is 13.6. The van der Waals surface area contributed by atoms with Gasteiger partial charge in [0.15, 0.2) is 0 Å². The molecule has 2 aromatic carbocycles. The molecule has 5 aromatic rings. The minimum atomic E-state index is -0.233. The molecule has 38 heavy (non-hydrogen) atoms. The third kappa shape index (κ3) is 5.05. The first-order valence-corrected chi connectivity index (χ1v) is 12.7. The number of hydrogen-bond donors (Lipinski definition) is 3. The number of imidazole rings is 1. The van der Waals surface area contributed by atoms with E-state index in [1.807, 2.05) is 40.9 Å². The van der Waals surface area contributed by atoms with Gasteiger partial charge in [0, 0.05) is 30.2 Å². The first-order valence-electron chi connectivity index (χ1n) is 12.7. The summed E-state index contributed by atoms with van der Waals surface area (Å²) in [5, 5.41) is 6.05. The topological polar surface area (TPSA) is 113 Å². The second kappa shape index (κ2) is 10.3. The van der Waals surface area contributed by atoms with Gasteiger partial charge in [-0.15, -0.1) is 0 Å². The van der Waals surface area contributed by atoms with Gasteiger partial charge in [0.1, 0.15) is 5.65 Å². The van der Waals surface area contributed by atoms with Gasteiger partial charge in [0.25, 0.3) is 5.91 Å². The summed E-state index contributed by atoms with van der Waals surface area (Å²) in [7, 11) is 0. The van der Waals surface area contributed by atoms with Crippen LogP contribution in [0, 0.1) is 0 Å². The van der Waals surface area contributed by atoms with Crippen molar-refractivity contribution in [3.05, 3.63) is 96.4 Å². The van der Waals surface area contributed by atoms with Crippen molar-refractivity contribution in [1.29, 1.82) is 0 Å². The predicted molar refractivity (Wildman–Crippen MR) is 149 cm³/mol. The number of likely N-dealkylation sites (tertiary alicyclic amines) is 1. The average Bonchev–Trinajstić information content (AvgIpc) is 3.60. The van der Waals surface area contributed by atoms with Gasteiger partial charge in [-0.3, -0.25) is 14.1 Å². The number of fused-ring (bicyclic) bond motifs is 1. The van der Waals surface area contributed by atoms with E-state index in [4.69, 9.17) is 10.7 Å². The summed E-state index contributed by atoms with van der Waals surface area (Å²) >= 11 is 0. The highest BCUT2D eigenvalue weighted by molar-refractivity contribution is 6.05. The smallest absolute Gasteiger partial charge is 0.255 e. The Morgan fingerprint density at radius 3 is 2.61 bits per heavy atom. The molecule has 1 aliphatic rings. The number of amides is 1. The summed E-state index contributed by atoms with van der Waals surface area (Å²) in [5.41, 5.74) is 12.1. The number of anilines is 4. The number of benzene rings is 2. The van der Waals surface area contributed by atoms with E-state index in [9.17, 15) is 4.79 Å². The van der Waals surface area contributed by atoms with Crippen LogP contribution >= 0.6 is 0 Å². The van der Waals surface area contributed by atoms with Gasteiger partial charge in [-0.05, 0) is 86.1 Å². The fourth-order valence-electron chi connectivity index (χ4n) is 4.71. The van der Waals surface area contributed by atoms with Gasteiger partial charge in [-0.2, -0.15) is 0 Å². The van der Waals surface area contributed by atoms with Gasteiger partial charge < -0.3 is 16.4 Å². The molecule has 9 nitrogen and oxygen atoms in total. The number of nitrogen functional groups attached to an aromatic ring is 1. The number of carbonyl (C=O) groups is 1. The highest BCUT2D eigenvalue weighted by Crippen LogP contribution is 2.23. The number of rotatable bonds is 7. The van der Waals surface area contributed by atoms with Gasteiger partial charge in [-0.25, -0.2) is 15.0 Å². The van der Waals surface area contributed by atoms with Gasteiger partial charge in [0.2, 0.25) is 5.95 Å². The lowest BCUT2D eigenvalue weighted by molar-refractivity contribution is 0.102. The summed E-state index contributed by atoms with van der Waals surface area (Å²) in [6.45, 7) is 3.29. The van der Waals surface area contributed by atoms with Crippen LogP contribution in [-0.2, 0) is 6.54 Å². The highest BCUT2D eigenvalue weighted by atomic mass is 16.1. The van der Waals surface area contributed by atoms with Gasteiger partial charge in [-0.1, -0.05) is 12.1 Å². The largest absolute Gasteiger partial charge is 0.397 e. The fourth-order valence-corrected chi connectivity index (χ4v) is 4.71. The molecule has 3 aromatic heterocycles. The number of carbonyl (C=O) groups excluding carboxylic acids is 1. The van der Waals surface area contributed by atoms with E-state index in [1.54, 1.807) is 30.5 Å². The standard InChI is InChI=1S/C29H28N8O/c30-23-5-1-2-6-24(23)34-28(38)21-7-9-22(10-8-21)33-29-31-13-11-25(35-29)26-18-32-27-17-20(12-16-37(26)27)19-36-14-3-4-15-36/h1-2,5-13,16-18H,3-4,14-15,19,30H2,(H,34,38)(H,31,33,35). The molecule has 0 unspecified atom stereocenters. The average molecular weight is 505 g/mol. The molecule has 1 aliphatic heterocycles. The number of aromatic nitrogens is 4. The van der Waals surface area contributed by atoms with E-state index < -0.39 is 0 Å². The van der Waals surface area contributed by atoms with E-state index in [0.29, 0.717) is 22.9 Å². The predicted octanol–water partition coefficient (Wildman–Crippen LogP) is 4.97. The van der Waals surface area contributed by atoms with Crippen molar-refractivity contribution in [1.82, 2.24) is 24.3 Å². The summed E-state index contributed by atoms with van der Waals surface area (Å²) in [4.78, 5) is 28.8. The number of pyridine rings is 1. The molecular formula is C29H28N8O. The fraction of sp³-hybridized carbons (Fsp3) is 0.172. The second-order valence-corrected chi connectivity index (χ2v) is 9.40. The Morgan fingerprint density at radius 2 is 1.79 bits per heavy atom. The summed E-state index contributed by atoms with van der Waals surface area (Å²) in [6.07, 6.45) is 8.18. The first kappa shape index (κ1) is 23.6. The van der Waals surface area contributed by atoms with Gasteiger partial charge in [0.05, 0.1) is 29.0 Å². The monoisotopic (exact) mass is 504 g/mol. The molecule has 6 rings (SSSR count). The van der Waals surface area contributed by atoms with Crippen LogP contribution in [0.3, 0.4) is 0 Å². The minimum absolute atomic E-state index is 0.233. The number of para-hydroxylation sites is 2. The van der Waals surface area contributed by atoms with E-state index in [0.717, 1.165) is 29.3 Å². The molecule has 0 saturated carbocycles. The Kier molecular flexibility index (Phi) is 6.41. The second-order valence-electron chi connectivity index (χ2n) is 9.40. The number of nitrogens with zero attached hydrogens (tertiary/aromatic N) is 5. The Balaban J connectivity index is 1.15. The van der Waals surface area contributed by atoms with Crippen LogP contribution in [0.2, 0.25) is 0 Å². The van der Waals surface area contributed by atoms with Crippen LogP contribution in [0.5, 0.6) is 0 Å². The summed E-state index contributed by atoms with van der Waals surface area (Å²) in [5.74, 6) is 0.223. The maximum Gasteiger partial charge on any atom is 0.255 e. The Labute approximate surface area is 220 Å². The Morgan fingerprint density at radius 1 is 0.974 bits per heavy atom. The molecule has 1 fully saturated rings. The molecule has 9 heteroatoms. The van der Waals surface area contributed by atoms with E-state index in [1.165, 1.54) is 31.5 Å². The molecular weight excluding hydrogens is 476 g/mol. The molecule has 0 atom stereocenters. The lowest BCUT2D eigenvalue weighted by Gasteiger charge is -2.14. The van der Waals surface area contributed by atoms with Crippen molar-refractivity contribution < 1.29 is 4.79 Å². The molecule has 0 bridgehead atoms. The number of nitrogens with two attached hydrogens (primary N) is 1. The summed E-state index contributed by atoms with van der Waals surface area (Å²) < 4.78 is 2.05. The zero-order valence-electron chi connectivity index (χ0n) is 20.8. The van der Waals surface area contributed by atoms with Crippen LogP contribution < -0.4 is 16.4 Å². The molecule has 0 spiro atoms. The molecule has 0 radical (unpaired) electrons. The zero-order valence-corrected chi connectivity index (χ0v) is 20.8. The molecule has 4 N–H and O–H groups in total. The van der Waals surface area contributed by atoms with Crippen molar-refractivity contribution >= 4 is 34.6 Å². The van der Waals surface area contributed by atoms with E-state index in [-0.39, 0.29) is 5.91 Å². The quantitative estimate of drug-likeness (QED) is 0.268. The SMILES string of the molecule is Nc1ccccc1NC(=O)c1ccc(Nc2nccc(-c3cnc4cc(CN5CCCC5)ccn34)n2)cc1.